The normalized spacial score (nSPS) is 10.3. The van der Waals surface area contributed by atoms with Gasteiger partial charge in [0.05, 0.1) is 24.5 Å². The number of benzene rings is 2. The highest BCUT2D eigenvalue weighted by atomic mass is 16.5. The Kier molecular flexibility index (Phi) is 7.53. The van der Waals surface area contributed by atoms with Crippen molar-refractivity contribution in [2.24, 2.45) is 5.10 Å². The summed E-state index contributed by atoms with van der Waals surface area (Å²) in [7, 11) is 0. The van der Waals surface area contributed by atoms with Crippen molar-refractivity contribution < 1.29 is 29.0 Å². The maximum Gasteiger partial charge on any atom is 0.329 e. The number of carboxylic acid groups (broad SMARTS) is 1. The van der Waals surface area contributed by atoms with Gasteiger partial charge >= 0.3 is 11.8 Å². The molecule has 0 atom stereocenters. The molecule has 2 N–H and O–H groups in total. The Hall–Kier alpha value is -3.88. The Bertz CT molecular complexity index is 881. The molecule has 0 saturated heterocycles. The summed E-state index contributed by atoms with van der Waals surface area (Å²) in [5.74, 6) is -2.61. The number of aliphatic carboxylic acids is 1. The lowest BCUT2D eigenvalue weighted by molar-refractivity contribution is -0.307. The van der Waals surface area contributed by atoms with Crippen molar-refractivity contribution >= 4 is 29.7 Å². The van der Waals surface area contributed by atoms with Crippen molar-refractivity contribution in [3.63, 3.8) is 0 Å². The van der Waals surface area contributed by atoms with Crippen LogP contribution in [0.25, 0.3) is 0 Å². The Morgan fingerprint density at radius 2 is 1.68 bits per heavy atom. The summed E-state index contributed by atoms with van der Waals surface area (Å²) < 4.78 is 10.4. The van der Waals surface area contributed by atoms with Crippen LogP contribution in [0.4, 0.5) is 5.69 Å². The van der Waals surface area contributed by atoms with Gasteiger partial charge in [-0.25, -0.2) is 5.43 Å². The van der Waals surface area contributed by atoms with Gasteiger partial charge < -0.3 is 24.7 Å². The SMILES string of the molecule is CCOc1ccccc1NC(=O)C(=O)N/N=C\c1ccccc1OCC(=O)[O-]. The highest BCUT2D eigenvalue weighted by molar-refractivity contribution is 6.39. The molecule has 2 amide bonds. The first-order valence-corrected chi connectivity index (χ1v) is 8.29. The van der Waals surface area contributed by atoms with Gasteiger partial charge in [-0.3, -0.25) is 9.59 Å². The number of hydrogen-bond donors (Lipinski definition) is 2. The van der Waals surface area contributed by atoms with Crippen LogP contribution >= 0.6 is 0 Å². The number of carbonyl (C=O) groups is 3. The minimum Gasteiger partial charge on any atom is -0.546 e. The maximum absolute atomic E-state index is 12.0. The lowest BCUT2D eigenvalue weighted by Gasteiger charge is -2.10. The molecule has 9 nitrogen and oxygen atoms in total. The summed E-state index contributed by atoms with van der Waals surface area (Å²) in [6.45, 7) is 1.58. The summed E-state index contributed by atoms with van der Waals surface area (Å²) >= 11 is 0. The zero-order valence-corrected chi connectivity index (χ0v) is 15.0. The first kappa shape index (κ1) is 20.4. The Labute approximate surface area is 161 Å². The number of hydrazone groups is 1. The number of rotatable bonds is 8. The van der Waals surface area contributed by atoms with E-state index < -0.39 is 24.4 Å². The highest BCUT2D eigenvalue weighted by Crippen LogP contribution is 2.23. The van der Waals surface area contributed by atoms with Crippen LogP contribution in [0.15, 0.2) is 53.6 Å². The van der Waals surface area contributed by atoms with Crippen LogP contribution in [0.1, 0.15) is 12.5 Å². The van der Waals surface area contributed by atoms with Crippen molar-refractivity contribution in [2.45, 2.75) is 6.92 Å². The molecule has 0 bridgehead atoms. The van der Waals surface area contributed by atoms with E-state index in [4.69, 9.17) is 9.47 Å². The topological polar surface area (TPSA) is 129 Å². The van der Waals surface area contributed by atoms with Crippen molar-refractivity contribution in [2.75, 3.05) is 18.5 Å². The van der Waals surface area contributed by atoms with E-state index >= 15 is 0 Å². The number of ether oxygens (including phenoxy) is 2. The summed E-state index contributed by atoms with van der Waals surface area (Å²) in [6, 6.07) is 13.1. The number of nitrogens with zero attached hydrogens (tertiary/aromatic N) is 1. The Balaban J connectivity index is 1.97. The maximum atomic E-state index is 12.0. The van der Waals surface area contributed by atoms with Gasteiger partial charge in [0.25, 0.3) is 0 Å². The van der Waals surface area contributed by atoms with Gasteiger partial charge in [-0.05, 0) is 31.2 Å². The number of nitrogens with one attached hydrogen (secondary N) is 2. The zero-order valence-electron chi connectivity index (χ0n) is 15.0. The Morgan fingerprint density at radius 3 is 2.39 bits per heavy atom. The molecular weight excluding hydrogens is 366 g/mol. The van der Waals surface area contributed by atoms with Crippen LogP contribution in [0, 0.1) is 0 Å². The van der Waals surface area contributed by atoms with Gasteiger partial charge in [-0.2, -0.15) is 5.10 Å². The van der Waals surface area contributed by atoms with Crippen molar-refractivity contribution in [3.05, 3.63) is 54.1 Å². The van der Waals surface area contributed by atoms with Gasteiger partial charge in [-0.1, -0.05) is 24.3 Å². The fraction of sp³-hybridized carbons (Fsp3) is 0.158. The second kappa shape index (κ2) is 10.3. The first-order chi connectivity index (χ1) is 13.5. The van der Waals surface area contributed by atoms with Crippen LogP contribution in [0.2, 0.25) is 0 Å². The molecule has 0 heterocycles. The largest absolute Gasteiger partial charge is 0.546 e. The molecule has 146 valence electrons. The van der Waals surface area contributed by atoms with E-state index in [1.165, 1.54) is 12.3 Å². The molecule has 0 fully saturated rings. The summed E-state index contributed by atoms with van der Waals surface area (Å²) in [6.07, 6.45) is 1.23. The fourth-order valence-electron chi connectivity index (χ4n) is 2.10. The summed E-state index contributed by atoms with van der Waals surface area (Å²) in [4.78, 5) is 34.4. The van der Waals surface area contributed by atoms with Crippen LogP contribution in [-0.4, -0.2) is 37.2 Å². The highest BCUT2D eigenvalue weighted by Gasteiger charge is 2.15. The van der Waals surface area contributed by atoms with E-state index in [0.717, 1.165) is 0 Å². The molecule has 0 spiro atoms. The molecule has 0 aromatic heterocycles. The number of para-hydroxylation sites is 3. The van der Waals surface area contributed by atoms with Crippen molar-refractivity contribution in [1.29, 1.82) is 0 Å². The number of carboxylic acids is 1. The number of amides is 2. The predicted octanol–water partition coefficient (Wildman–Crippen LogP) is 0.303. The number of hydrogen-bond acceptors (Lipinski definition) is 7. The second-order valence-corrected chi connectivity index (χ2v) is 5.28. The van der Waals surface area contributed by atoms with Crippen LogP contribution in [-0.2, 0) is 14.4 Å². The van der Waals surface area contributed by atoms with Gasteiger partial charge in [0.2, 0.25) is 0 Å². The van der Waals surface area contributed by atoms with Crippen molar-refractivity contribution in [1.82, 2.24) is 5.43 Å². The molecular formula is C19H18N3O6-. The van der Waals surface area contributed by atoms with Crippen LogP contribution < -0.4 is 25.3 Å². The molecule has 9 heteroatoms. The molecule has 28 heavy (non-hydrogen) atoms. The van der Waals surface area contributed by atoms with Crippen LogP contribution in [0.3, 0.4) is 0 Å². The molecule has 0 radical (unpaired) electrons. The number of carbonyl (C=O) groups excluding carboxylic acids is 3. The van der Waals surface area contributed by atoms with Gasteiger partial charge in [0, 0.05) is 5.56 Å². The van der Waals surface area contributed by atoms with Gasteiger partial charge in [0.15, 0.2) is 0 Å². The minimum atomic E-state index is -1.37. The smallest absolute Gasteiger partial charge is 0.329 e. The van der Waals surface area contributed by atoms with Gasteiger partial charge in [-0.15, -0.1) is 0 Å². The molecule has 2 aromatic rings. The average Bonchev–Trinajstić information content (AvgIpc) is 2.68. The first-order valence-electron chi connectivity index (χ1n) is 8.29. The lowest BCUT2D eigenvalue weighted by Crippen LogP contribution is -2.32. The number of anilines is 1. The van der Waals surface area contributed by atoms with E-state index in [0.29, 0.717) is 23.6 Å². The summed E-state index contributed by atoms with van der Waals surface area (Å²) in [5.41, 5.74) is 2.85. The monoisotopic (exact) mass is 384 g/mol. The standard InChI is InChI=1S/C19H19N3O6/c1-2-27-16-10-6-4-8-14(16)21-18(25)19(26)22-20-11-13-7-3-5-9-15(13)28-12-17(23)24/h3-11H,2,12H2,1H3,(H,21,25)(H,22,26)(H,23,24)/p-1/b20-11-. The van der Waals surface area contributed by atoms with Crippen molar-refractivity contribution in [3.8, 4) is 11.5 Å². The van der Waals surface area contributed by atoms with Gasteiger partial charge in [0.1, 0.15) is 18.1 Å². The molecule has 0 aliphatic carbocycles. The molecule has 0 aliphatic rings. The molecule has 2 rings (SSSR count). The molecule has 2 aromatic carbocycles. The fourth-order valence-corrected chi connectivity index (χ4v) is 2.10. The van der Waals surface area contributed by atoms with E-state index in [1.54, 1.807) is 49.4 Å². The zero-order chi connectivity index (χ0) is 20.4. The third kappa shape index (κ3) is 6.13. The second-order valence-electron chi connectivity index (χ2n) is 5.28. The average molecular weight is 384 g/mol. The van der Waals surface area contributed by atoms with E-state index in [9.17, 15) is 19.5 Å². The molecule has 0 aliphatic heterocycles. The third-order valence-corrected chi connectivity index (χ3v) is 3.28. The van der Waals surface area contributed by atoms with Crippen LogP contribution in [0.5, 0.6) is 11.5 Å². The molecule has 0 saturated carbocycles. The van der Waals surface area contributed by atoms with E-state index in [-0.39, 0.29) is 5.75 Å². The quantitative estimate of drug-likeness (QED) is 0.383. The van der Waals surface area contributed by atoms with E-state index in [2.05, 4.69) is 15.8 Å². The molecule has 0 unspecified atom stereocenters. The predicted molar refractivity (Wildman–Crippen MR) is 98.9 cm³/mol. The lowest BCUT2D eigenvalue weighted by atomic mass is 10.2. The Morgan fingerprint density at radius 1 is 1.00 bits per heavy atom. The minimum absolute atomic E-state index is 0.236. The third-order valence-electron chi connectivity index (χ3n) is 3.28. The summed E-state index contributed by atoms with van der Waals surface area (Å²) in [5, 5.41) is 16.6. The van der Waals surface area contributed by atoms with E-state index in [1.807, 2.05) is 0 Å².